The largest absolute Gasteiger partial charge is 0.492 e. The molecule has 0 radical (unpaired) electrons. The second-order valence-electron chi connectivity index (χ2n) is 9.30. The van der Waals surface area contributed by atoms with Crippen molar-refractivity contribution in [2.45, 2.75) is 38.2 Å². The van der Waals surface area contributed by atoms with Gasteiger partial charge in [0.15, 0.2) is 0 Å². The van der Waals surface area contributed by atoms with Gasteiger partial charge in [-0.1, -0.05) is 60.7 Å². The standard InChI is InChI=1S/C30H26O4/c1-18-5-2-6-19-7-3-10-26(30(18)19)23-8-4-9-25-24(23)13-14-27(25)34-21-11-12-22-20(15-29(31)32)17-33-28(22)16-21/h2-12,16,20,27H,13-15,17H2,1H3,(H,31,32). The number of hydrogen-bond acceptors (Lipinski definition) is 3. The van der Waals surface area contributed by atoms with Gasteiger partial charge in [0.25, 0.3) is 0 Å². The van der Waals surface area contributed by atoms with Crippen LogP contribution in [0.2, 0.25) is 0 Å². The lowest BCUT2D eigenvalue weighted by Gasteiger charge is -2.17. The van der Waals surface area contributed by atoms with Crippen LogP contribution in [-0.4, -0.2) is 17.7 Å². The molecule has 0 bridgehead atoms. The highest BCUT2D eigenvalue weighted by Gasteiger charge is 2.29. The van der Waals surface area contributed by atoms with E-state index in [0.29, 0.717) is 6.61 Å². The van der Waals surface area contributed by atoms with E-state index in [-0.39, 0.29) is 18.4 Å². The van der Waals surface area contributed by atoms with E-state index in [1.807, 2.05) is 18.2 Å². The lowest BCUT2D eigenvalue weighted by Crippen LogP contribution is -2.07. The Morgan fingerprint density at radius 1 is 1.00 bits per heavy atom. The van der Waals surface area contributed by atoms with Gasteiger partial charge in [0.2, 0.25) is 0 Å². The predicted octanol–water partition coefficient (Wildman–Crippen LogP) is 6.83. The number of rotatable bonds is 5. The molecule has 4 heteroatoms. The highest BCUT2D eigenvalue weighted by atomic mass is 16.5. The molecular weight excluding hydrogens is 424 g/mol. The number of carboxylic acids is 1. The van der Waals surface area contributed by atoms with Crippen LogP contribution in [0.4, 0.5) is 0 Å². The maximum Gasteiger partial charge on any atom is 0.304 e. The second kappa shape index (κ2) is 8.21. The van der Waals surface area contributed by atoms with Crippen LogP contribution in [0.5, 0.6) is 11.5 Å². The quantitative estimate of drug-likeness (QED) is 0.362. The Kier molecular flexibility index (Phi) is 5.02. The molecule has 170 valence electrons. The van der Waals surface area contributed by atoms with Gasteiger partial charge >= 0.3 is 5.97 Å². The second-order valence-corrected chi connectivity index (χ2v) is 9.30. The predicted molar refractivity (Wildman–Crippen MR) is 133 cm³/mol. The fraction of sp³-hybridized carbons (Fsp3) is 0.233. The number of carboxylic acid groups (broad SMARTS) is 1. The van der Waals surface area contributed by atoms with E-state index in [1.165, 1.54) is 38.6 Å². The van der Waals surface area contributed by atoms with E-state index in [9.17, 15) is 4.79 Å². The number of carbonyl (C=O) groups is 1. The highest BCUT2D eigenvalue weighted by molar-refractivity contribution is 5.99. The molecular formula is C30H26O4. The molecule has 4 nitrogen and oxygen atoms in total. The Morgan fingerprint density at radius 3 is 2.65 bits per heavy atom. The third-order valence-corrected chi connectivity index (χ3v) is 7.18. The van der Waals surface area contributed by atoms with Crippen molar-refractivity contribution in [3.8, 4) is 22.6 Å². The minimum atomic E-state index is -0.804. The van der Waals surface area contributed by atoms with Gasteiger partial charge in [-0.05, 0) is 64.4 Å². The molecule has 1 aliphatic carbocycles. The molecule has 34 heavy (non-hydrogen) atoms. The molecule has 4 aromatic rings. The third kappa shape index (κ3) is 3.50. The van der Waals surface area contributed by atoms with Crippen LogP contribution < -0.4 is 9.47 Å². The van der Waals surface area contributed by atoms with E-state index in [2.05, 4.69) is 61.5 Å². The normalized spacial score (nSPS) is 18.4. The molecule has 2 aliphatic rings. The van der Waals surface area contributed by atoms with Gasteiger partial charge in [-0.25, -0.2) is 0 Å². The van der Waals surface area contributed by atoms with Crippen molar-refractivity contribution in [2.75, 3.05) is 6.61 Å². The SMILES string of the molecule is Cc1cccc2cccc(-c3cccc4c3CCC4Oc3ccc4c(c3)OCC4CC(=O)O)c12. The molecule has 0 aromatic heterocycles. The summed E-state index contributed by atoms with van der Waals surface area (Å²) < 4.78 is 12.2. The van der Waals surface area contributed by atoms with Crippen molar-refractivity contribution in [3.63, 3.8) is 0 Å². The lowest BCUT2D eigenvalue weighted by atomic mass is 9.91. The van der Waals surface area contributed by atoms with Gasteiger partial charge < -0.3 is 14.6 Å². The fourth-order valence-electron chi connectivity index (χ4n) is 5.62. The number of aryl methyl sites for hydroxylation is 1. The topological polar surface area (TPSA) is 55.8 Å². The molecule has 2 atom stereocenters. The summed E-state index contributed by atoms with van der Waals surface area (Å²) >= 11 is 0. The zero-order valence-corrected chi connectivity index (χ0v) is 19.1. The molecule has 0 amide bonds. The number of benzene rings is 4. The summed E-state index contributed by atoms with van der Waals surface area (Å²) in [6.07, 6.45) is 1.97. The van der Waals surface area contributed by atoms with E-state index in [0.717, 1.165) is 29.9 Å². The molecule has 0 fully saturated rings. The maximum absolute atomic E-state index is 11.1. The minimum Gasteiger partial charge on any atom is -0.492 e. The van der Waals surface area contributed by atoms with Gasteiger partial charge in [-0.3, -0.25) is 4.79 Å². The first-order valence-electron chi connectivity index (χ1n) is 11.8. The summed E-state index contributed by atoms with van der Waals surface area (Å²) in [6, 6.07) is 25.4. The van der Waals surface area contributed by atoms with Crippen molar-refractivity contribution in [1.29, 1.82) is 0 Å². The van der Waals surface area contributed by atoms with E-state index < -0.39 is 5.97 Å². The third-order valence-electron chi connectivity index (χ3n) is 7.18. The summed E-state index contributed by atoms with van der Waals surface area (Å²) in [7, 11) is 0. The lowest BCUT2D eigenvalue weighted by molar-refractivity contribution is -0.137. The van der Waals surface area contributed by atoms with Gasteiger partial charge in [0.1, 0.15) is 17.6 Å². The summed E-state index contributed by atoms with van der Waals surface area (Å²) in [6.45, 7) is 2.59. The molecule has 1 heterocycles. The Bertz CT molecular complexity index is 1420. The highest BCUT2D eigenvalue weighted by Crippen LogP contribution is 2.44. The van der Waals surface area contributed by atoms with Crippen LogP contribution in [-0.2, 0) is 11.2 Å². The van der Waals surface area contributed by atoms with Crippen LogP contribution in [0, 0.1) is 6.92 Å². The molecule has 1 aliphatic heterocycles. The summed E-state index contributed by atoms with van der Waals surface area (Å²) in [5, 5.41) is 11.7. The first-order valence-corrected chi connectivity index (χ1v) is 11.8. The summed E-state index contributed by atoms with van der Waals surface area (Å²) in [5.41, 5.74) is 7.42. The van der Waals surface area contributed by atoms with Crippen molar-refractivity contribution >= 4 is 16.7 Å². The average molecular weight is 451 g/mol. The Balaban J connectivity index is 1.32. The van der Waals surface area contributed by atoms with E-state index >= 15 is 0 Å². The van der Waals surface area contributed by atoms with Crippen LogP contribution in [0.1, 0.15) is 47.1 Å². The molecule has 0 saturated heterocycles. The molecule has 2 unspecified atom stereocenters. The maximum atomic E-state index is 11.1. The van der Waals surface area contributed by atoms with Gasteiger partial charge in [-0.2, -0.15) is 0 Å². The monoisotopic (exact) mass is 450 g/mol. The molecule has 0 saturated carbocycles. The average Bonchev–Trinajstić information content (AvgIpc) is 3.42. The smallest absolute Gasteiger partial charge is 0.304 e. The zero-order chi connectivity index (χ0) is 23.2. The van der Waals surface area contributed by atoms with Gasteiger partial charge in [0.05, 0.1) is 13.0 Å². The van der Waals surface area contributed by atoms with Gasteiger partial charge in [-0.15, -0.1) is 0 Å². The Hall–Kier alpha value is -3.79. The number of aliphatic carboxylic acids is 1. The van der Waals surface area contributed by atoms with Crippen molar-refractivity contribution < 1.29 is 19.4 Å². The fourth-order valence-corrected chi connectivity index (χ4v) is 5.62. The van der Waals surface area contributed by atoms with Crippen LogP contribution in [0.3, 0.4) is 0 Å². The van der Waals surface area contributed by atoms with Crippen molar-refractivity contribution in [1.82, 2.24) is 0 Å². The Labute approximate surface area is 198 Å². The van der Waals surface area contributed by atoms with E-state index in [1.54, 1.807) is 0 Å². The van der Waals surface area contributed by atoms with E-state index in [4.69, 9.17) is 14.6 Å². The van der Waals surface area contributed by atoms with Crippen molar-refractivity contribution in [2.24, 2.45) is 0 Å². The minimum absolute atomic E-state index is 0.0136. The van der Waals surface area contributed by atoms with Crippen LogP contribution in [0.15, 0.2) is 72.8 Å². The number of ether oxygens (including phenoxy) is 2. The van der Waals surface area contributed by atoms with Crippen LogP contribution >= 0.6 is 0 Å². The zero-order valence-electron chi connectivity index (χ0n) is 19.1. The van der Waals surface area contributed by atoms with Crippen LogP contribution in [0.25, 0.3) is 21.9 Å². The Morgan fingerprint density at radius 2 is 1.79 bits per heavy atom. The first kappa shape index (κ1) is 20.8. The molecule has 4 aromatic carbocycles. The molecule has 0 spiro atoms. The van der Waals surface area contributed by atoms with Gasteiger partial charge in [0, 0.05) is 17.5 Å². The first-order chi connectivity index (χ1) is 16.6. The summed E-state index contributed by atoms with van der Waals surface area (Å²) in [5.74, 6) is 0.600. The number of hydrogen-bond donors (Lipinski definition) is 1. The van der Waals surface area contributed by atoms with Crippen molar-refractivity contribution in [3.05, 3.63) is 95.1 Å². The molecule has 6 rings (SSSR count). The summed E-state index contributed by atoms with van der Waals surface area (Å²) in [4.78, 5) is 11.1. The molecule has 1 N–H and O–H groups in total. The number of fused-ring (bicyclic) bond motifs is 3.